The van der Waals surface area contributed by atoms with Crippen LogP contribution in [-0.2, 0) is 20.7 Å². The lowest BCUT2D eigenvalue weighted by Crippen LogP contribution is -2.34. The summed E-state index contributed by atoms with van der Waals surface area (Å²) in [6.07, 6.45) is -2.57. The second-order valence-corrected chi connectivity index (χ2v) is 7.12. The Balaban J connectivity index is 1.64. The molecule has 4 atom stereocenters. The van der Waals surface area contributed by atoms with E-state index in [0.29, 0.717) is 29.1 Å². The van der Waals surface area contributed by atoms with E-state index in [1.165, 1.54) is 17.8 Å². The number of fused-ring (bicyclic) bond motifs is 1. The fourth-order valence-corrected chi connectivity index (χ4v) is 3.36. The Bertz CT molecular complexity index is 1070. The molecule has 0 bridgehead atoms. The van der Waals surface area contributed by atoms with Crippen LogP contribution in [0, 0.1) is 0 Å². The summed E-state index contributed by atoms with van der Waals surface area (Å²) in [5, 5.41) is 20.7. The summed E-state index contributed by atoms with van der Waals surface area (Å²) in [6, 6.07) is 7.32. The Kier molecular flexibility index (Phi) is 5.24. The maximum atomic E-state index is 11.0. The average Bonchev–Trinajstić information content (AvgIpc) is 3.24. The molecular weight excluding hydrogens is 392 g/mol. The smallest absolute Gasteiger partial charge is 0.302 e. The molecule has 1 aliphatic heterocycles. The maximum Gasteiger partial charge on any atom is 0.302 e. The minimum atomic E-state index is -1.28. The van der Waals surface area contributed by atoms with Gasteiger partial charge in [0.1, 0.15) is 36.3 Å². The van der Waals surface area contributed by atoms with Gasteiger partial charge in [0.15, 0.2) is 17.7 Å². The van der Waals surface area contributed by atoms with Crippen molar-refractivity contribution >= 4 is 28.6 Å². The number of anilines is 2. The summed E-state index contributed by atoms with van der Waals surface area (Å²) in [4.78, 5) is 24.1. The van der Waals surface area contributed by atoms with Gasteiger partial charge >= 0.3 is 5.97 Å². The highest BCUT2D eigenvalue weighted by atomic mass is 16.6. The molecular formula is C19H22N6O5. The number of hydrogen-bond donors (Lipinski definition) is 4. The Hall–Kier alpha value is -3.28. The van der Waals surface area contributed by atoms with E-state index in [4.69, 9.17) is 20.9 Å². The number of aliphatic hydroxyl groups is 2. The predicted molar refractivity (Wildman–Crippen MR) is 106 cm³/mol. The average molecular weight is 414 g/mol. The summed E-state index contributed by atoms with van der Waals surface area (Å²) in [5.41, 5.74) is 14.1. The van der Waals surface area contributed by atoms with Crippen molar-refractivity contribution in [2.75, 3.05) is 18.1 Å². The van der Waals surface area contributed by atoms with Crippen molar-refractivity contribution in [3.8, 4) is 0 Å². The van der Waals surface area contributed by atoms with Crippen molar-refractivity contribution < 1.29 is 24.5 Å². The van der Waals surface area contributed by atoms with Crippen molar-refractivity contribution in [1.82, 2.24) is 19.5 Å². The van der Waals surface area contributed by atoms with Crippen LogP contribution in [0.1, 0.15) is 24.5 Å². The van der Waals surface area contributed by atoms with E-state index >= 15 is 0 Å². The number of nitrogens with zero attached hydrogens (tertiary/aromatic N) is 4. The molecule has 0 radical (unpaired) electrons. The number of ether oxygens (including phenoxy) is 2. The molecule has 158 valence electrons. The third kappa shape index (κ3) is 3.77. The molecule has 1 aliphatic rings. The van der Waals surface area contributed by atoms with Crippen LogP contribution in [0.25, 0.3) is 11.2 Å². The molecule has 3 aromatic rings. The van der Waals surface area contributed by atoms with Crippen LogP contribution in [0.4, 0.5) is 11.5 Å². The number of nitrogen functional groups attached to an aromatic ring is 2. The quantitative estimate of drug-likeness (QED) is 0.322. The Morgan fingerprint density at radius 3 is 2.63 bits per heavy atom. The van der Waals surface area contributed by atoms with Crippen LogP contribution in [0.5, 0.6) is 0 Å². The summed E-state index contributed by atoms with van der Waals surface area (Å²) >= 11 is 0. The summed E-state index contributed by atoms with van der Waals surface area (Å²) in [5.74, 6) is 0.134. The van der Waals surface area contributed by atoms with E-state index in [0.717, 1.165) is 5.56 Å². The van der Waals surface area contributed by atoms with Gasteiger partial charge in [-0.2, -0.15) is 0 Å². The van der Waals surface area contributed by atoms with Crippen LogP contribution in [-0.4, -0.2) is 60.6 Å². The first-order valence-corrected chi connectivity index (χ1v) is 9.32. The molecule has 1 fully saturated rings. The maximum absolute atomic E-state index is 11.0. The van der Waals surface area contributed by atoms with Crippen molar-refractivity contribution in [3.63, 3.8) is 0 Å². The van der Waals surface area contributed by atoms with Crippen LogP contribution in [0.15, 0.2) is 30.6 Å². The zero-order valence-corrected chi connectivity index (χ0v) is 16.2. The number of rotatable bonds is 5. The SMILES string of the molecule is CC(=O)OC[C@H]1O[C@@H](n2cnc3c(N)nc(Cc4ccc(N)cc4)nc32)[C@H](O)[C@@H]1O. The van der Waals surface area contributed by atoms with Gasteiger partial charge in [-0.15, -0.1) is 0 Å². The van der Waals surface area contributed by atoms with Gasteiger partial charge < -0.3 is 31.2 Å². The molecule has 2 aromatic heterocycles. The summed E-state index contributed by atoms with van der Waals surface area (Å²) < 4.78 is 12.1. The number of esters is 1. The molecule has 1 aromatic carbocycles. The second-order valence-electron chi connectivity index (χ2n) is 7.12. The minimum absolute atomic E-state index is 0.184. The number of imidazole rings is 1. The molecule has 0 saturated carbocycles. The number of carbonyl (C=O) groups is 1. The van der Waals surface area contributed by atoms with Gasteiger partial charge in [-0.25, -0.2) is 15.0 Å². The van der Waals surface area contributed by atoms with Gasteiger partial charge in [-0.3, -0.25) is 9.36 Å². The van der Waals surface area contributed by atoms with E-state index < -0.39 is 30.5 Å². The summed E-state index contributed by atoms with van der Waals surface area (Å²) in [6.45, 7) is 1.07. The van der Waals surface area contributed by atoms with Crippen LogP contribution in [0.3, 0.4) is 0 Å². The van der Waals surface area contributed by atoms with Crippen molar-refractivity contribution in [2.24, 2.45) is 0 Å². The third-order valence-electron chi connectivity index (χ3n) is 4.90. The lowest BCUT2D eigenvalue weighted by Gasteiger charge is -2.17. The van der Waals surface area contributed by atoms with Gasteiger partial charge in [-0.1, -0.05) is 12.1 Å². The van der Waals surface area contributed by atoms with E-state index in [-0.39, 0.29) is 12.4 Å². The van der Waals surface area contributed by atoms with E-state index in [2.05, 4.69) is 15.0 Å². The van der Waals surface area contributed by atoms with Crippen LogP contribution in [0.2, 0.25) is 0 Å². The molecule has 6 N–H and O–H groups in total. The van der Waals surface area contributed by atoms with E-state index in [1.807, 2.05) is 12.1 Å². The molecule has 0 aliphatic carbocycles. The van der Waals surface area contributed by atoms with Gasteiger partial charge in [0.2, 0.25) is 0 Å². The standard InChI is InChI=1S/C19H22N6O5/c1-9(26)29-7-12-15(27)16(28)19(30-12)25-8-22-14-17(21)23-13(24-18(14)25)6-10-2-4-11(20)5-3-10/h2-5,8,12,15-16,19,27-28H,6-7,20H2,1H3,(H2,21,23,24)/t12-,15-,16-,19-/m1/s1. The molecule has 4 rings (SSSR count). The summed E-state index contributed by atoms with van der Waals surface area (Å²) in [7, 11) is 0. The number of hydrogen-bond acceptors (Lipinski definition) is 10. The molecule has 0 amide bonds. The normalized spacial score (nSPS) is 23.7. The molecule has 11 heteroatoms. The second kappa shape index (κ2) is 7.86. The van der Waals surface area contributed by atoms with Crippen LogP contribution < -0.4 is 11.5 Å². The first-order chi connectivity index (χ1) is 14.3. The van der Waals surface area contributed by atoms with Crippen molar-refractivity contribution in [1.29, 1.82) is 0 Å². The monoisotopic (exact) mass is 414 g/mol. The largest absolute Gasteiger partial charge is 0.463 e. The highest BCUT2D eigenvalue weighted by Gasteiger charge is 2.44. The highest BCUT2D eigenvalue weighted by molar-refractivity contribution is 5.81. The number of nitrogens with two attached hydrogens (primary N) is 2. The van der Waals surface area contributed by atoms with E-state index in [9.17, 15) is 15.0 Å². The van der Waals surface area contributed by atoms with Gasteiger partial charge in [0.05, 0.1) is 6.33 Å². The van der Waals surface area contributed by atoms with Crippen molar-refractivity contribution in [2.45, 2.75) is 37.9 Å². The molecule has 3 heterocycles. The van der Waals surface area contributed by atoms with Crippen LogP contribution >= 0.6 is 0 Å². The molecule has 0 spiro atoms. The fourth-order valence-electron chi connectivity index (χ4n) is 3.36. The topological polar surface area (TPSA) is 172 Å². The zero-order valence-electron chi connectivity index (χ0n) is 16.2. The molecule has 30 heavy (non-hydrogen) atoms. The number of aromatic nitrogens is 4. The zero-order chi connectivity index (χ0) is 21.4. The Labute approximate surface area is 171 Å². The van der Waals surface area contributed by atoms with Gasteiger partial charge in [0.25, 0.3) is 0 Å². The Morgan fingerprint density at radius 1 is 1.20 bits per heavy atom. The first-order valence-electron chi connectivity index (χ1n) is 9.32. The highest BCUT2D eigenvalue weighted by Crippen LogP contribution is 2.32. The number of aliphatic hydroxyl groups excluding tert-OH is 2. The lowest BCUT2D eigenvalue weighted by molar-refractivity contribution is -0.147. The first kappa shape index (κ1) is 20.0. The fraction of sp³-hybridized carbons (Fsp3) is 0.368. The minimum Gasteiger partial charge on any atom is -0.463 e. The molecule has 0 unspecified atom stereocenters. The molecule has 1 saturated heterocycles. The molecule has 11 nitrogen and oxygen atoms in total. The van der Waals surface area contributed by atoms with E-state index in [1.54, 1.807) is 12.1 Å². The van der Waals surface area contributed by atoms with Crippen molar-refractivity contribution in [3.05, 3.63) is 42.0 Å². The predicted octanol–water partition coefficient (Wildman–Crippen LogP) is -0.236. The Morgan fingerprint density at radius 2 is 1.93 bits per heavy atom. The van der Waals surface area contributed by atoms with Gasteiger partial charge in [0, 0.05) is 19.0 Å². The lowest BCUT2D eigenvalue weighted by atomic mass is 10.1. The third-order valence-corrected chi connectivity index (χ3v) is 4.90. The number of carbonyl (C=O) groups excluding carboxylic acids is 1. The van der Waals surface area contributed by atoms with Gasteiger partial charge in [-0.05, 0) is 17.7 Å². The number of benzene rings is 1.